The number of nitrogens with zero attached hydrogens (tertiary/aromatic N) is 1. The molecule has 0 spiro atoms. The molecule has 0 bridgehead atoms. The van der Waals surface area contributed by atoms with Crippen LogP contribution in [0.5, 0.6) is 5.75 Å². The molecule has 2 atom stereocenters. The SMILES string of the molecule is CC(C)Oc1cccnc1SC(C)C(C)O. The summed E-state index contributed by atoms with van der Waals surface area (Å²) in [6.45, 7) is 7.73. The zero-order chi connectivity index (χ0) is 12.1. The molecule has 1 aromatic rings. The first-order valence-electron chi connectivity index (χ1n) is 5.47. The van der Waals surface area contributed by atoms with Crippen molar-refractivity contribution in [3.8, 4) is 5.75 Å². The molecule has 90 valence electrons. The second kappa shape index (κ2) is 6.11. The highest BCUT2D eigenvalue weighted by atomic mass is 32.2. The summed E-state index contributed by atoms with van der Waals surface area (Å²) in [7, 11) is 0. The lowest BCUT2D eigenvalue weighted by molar-refractivity contribution is 0.196. The van der Waals surface area contributed by atoms with Crippen LogP contribution in [0, 0.1) is 0 Å². The Hall–Kier alpha value is -0.740. The van der Waals surface area contributed by atoms with Crippen LogP contribution in [0.15, 0.2) is 23.4 Å². The fraction of sp³-hybridized carbons (Fsp3) is 0.583. The Balaban J connectivity index is 2.78. The van der Waals surface area contributed by atoms with Gasteiger partial charge in [-0.25, -0.2) is 4.98 Å². The summed E-state index contributed by atoms with van der Waals surface area (Å²) >= 11 is 1.53. The molecule has 0 aromatic carbocycles. The van der Waals surface area contributed by atoms with Crippen LogP contribution in [0.4, 0.5) is 0 Å². The Bertz CT molecular complexity index is 329. The van der Waals surface area contributed by atoms with Crippen LogP contribution in [0.2, 0.25) is 0 Å². The first-order valence-corrected chi connectivity index (χ1v) is 6.35. The number of ether oxygens (including phenoxy) is 1. The fourth-order valence-electron chi connectivity index (χ4n) is 1.08. The zero-order valence-corrected chi connectivity index (χ0v) is 11.0. The summed E-state index contributed by atoms with van der Waals surface area (Å²) in [6, 6.07) is 3.76. The van der Waals surface area contributed by atoms with E-state index < -0.39 is 0 Å². The van der Waals surface area contributed by atoms with Crippen molar-refractivity contribution in [2.75, 3.05) is 0 Å². The third kappa shape index (κ3) is 4.02. The largest absolute Gasteiger partial charge is 0.488 e. The molecule has 0 radical (unpaired) electrons. The van der Waals surface area contributed by atoms with E-state index in [1.807, 2.05) is 32.9 Å². The van der Waals surface area contributed by atoms with Crippen LogP contribution in [-0.4, -0.2) is 27.5 Å². The second-order valence-electron chi connectivity index (χ2n) is 4.04. The number of aliphatic hydroxyl groups excluding tert-OH is 1. The summed E-state index contributed by atoms with van der Waals surface area (Å²) in [5.74, 6) is 0.787. The summed E-state index contributed by atoms with van der Waals surface area (Å²) in [4.78, 5) is 4.28. The van der Waals surface area contributed by atoms with Crippen molar-refractivity contribution in [1.82, 2.24) is 4.98 Å². The third-order valence-electron chi connectivity index (χ3n) is 2.08. The van der Waals surface area contributed by atoms with Crippen molar-refractivity contribution < 1.29 is 9.84 Å². The standard InChI is InChI=1S/C12H19NO2S/c1-8(2)15-11-6-5-7-13-12(11)16-10(4)9(3)14/h5-10,14H,1-4H3. The molecule has 1 rings (SSSR count). The van der Waals surface area contributed by atoms with Gasteiger partial charge in [0.05, 0.1) is 12.2 Å². The van der Waals surface area contributed by atoms with Gasteiger partial charge in [0.15, 0.2) is 5.75 Å². The fourth-order valence-corrected chi connectivity index (χ4v) is 1.99. The minimum atomic E-state index is -0.362. The van der Waals surface area contributed by atoms with Gasteiger partial charge in [-0.3, -0.25) is 0 Å². The maximum atomic E-state index is 9.47. The Labute approximate surface area is 101 Å². The molecule has 0 amide bonds. The average molecular weight is 241 g/mol. The predicted molar refractivity (Wildman–Crippen MR) is 67.0 cm³/mol. The number of hydrogen-bond acceptors (Lipinski definition) is 4. The van der Waals surface area contributed by atoms with Crippen LogP contribution < -0.4 is 4.74 Å². The van der Waals surface area contributed by atoms with Gasteiger partial charge in [-0.1, -0.05) is 18.7 Å². The first-order chi connectivity index (χ1) is 7.50. The van der Waals surface area contributed by atoms with Gasteiger partial charge in [-0.2, -0.15) is 0 Å². The quantitative estimate of drug-likeness (QED) is 0.805. The van der Waals surface area contributed by atoms with E-state index in [1.54, 1.807) is 13.1 Å². The van der Waals surface area contributed by atoms with Crippen LogP contribution >= 0.6 is 11.8 Å². The lowest BCUT2D eigenvalue weighted by Gasteiger charge is -2.17. The van der Waals surface area contributed by atoms with Gasteiger partial charge in [0.1, 0.15) is 5.03 Å². The molecule has 1 heterocycles. The first kappa shape index (κ1) is 13.3. The lowest BCUT2D eigenvalue weighted by atomic mass is 10.3. The number of hydrogen-bond donors (Lipinski definition) is 1. The Kier molecular flexibility index (Phi) is 5.09. The molecule has 0 saturated carbocycles. The molecule has 1 aromatic heterocycles. The van der Waals surface area contributed by atoms with Crippen LogP contribution in [0.25, 0.3) is 0 Å². The topological polar surface area (TPSA) is 42.4 Å². The van der Waals surface area contributed by atoms with Gasteiger partial charge in [0, 0.05) is 11.4 Å². The maximum absolute atomic E-state index is 9.47. The van der Waals surface area contributed by atoms with Gasteiger partial charge in [0.25, 0.3) is 0 Å². The van der Waals surface area contributed by atoms with E-state index in [2.05, 4.69) is 4.98 Å². The van der Waals surface area contributed by atoms with E-state index in [4.69, 9.17) is 4.74 Å². The monoisotopic (exact) mass is 241 g/mol. The Morgan fingerprint density at radius 1 is 1.31 bits per heavy atom. The van der Waals surface area contributed by atoms with Crippen molar-refractivity contribution in [2.24, 2.45) is 0 Å². The van der Waals surface area contributed by atoms with Gasteiger partial charge in [-0.15, -0.1) is 0 Å². The van der Waals surface area contributed by atoms with Crippen LogP contribution in [0.1, 0.15) is 27.7 Å². The Morgan fingerprint density at radius 2 is 2.00 bits per heavy atom. The molecule has 0 aliphatic heterocycles. The summed E-state index contributed by atoms with van der Waals surface area (Å²) in [5.41, 5.74) is 0. The molecule has 0 saturated heterocycles. The number of rotatable bonds is 5. The Morgan fingerprint density at radius 3 is 2.56 bits per heavy atom. The predicted octanol–water partition coefficient (Wildman–Crippen LogP) is 2.73. The van der Waals surface area contributed by atoms with E-state index >= 15 is 0 Å². The highest BCUT2D eigenvalue weighted by Crippen LogP contribution is 2.31. The maximum Gasteiger partial charge on any atom is 0.151 e. The van der Waals surface area contributed by atoms with Crippen LogP contribution in [0.3, 0.4) is 0 Å². The van der Waals surface area contributed by atoms with E-state index in [-0.39, 0.29) is 17.5 Å². The minimum absolute atomic E-state index is 0.101. The number of aromatic nitrogens is 1. The van der Waals surface area contributed by atoms with Crippen molar-refractivity contribution in [1.29, 1.82) is 0 Å². The highest BCUT2D eigenvalue weighted by Gasteiger charge is 2.15. The third-order valence-corrected chi connectivity index (χ3v) is 3.37. The lowest BCUT2D eigenvalue weighted by Crippen LogP contribution is -2.15. The molecular formula is C12H19NO2S. The van der Waals surface area contributed by atoms with E-state index in [9.17, 15) is 5.11 Å². The molecule has 0 fully saturated rings. The summed E-state index contributed by atoms with van der Waals surface area (Å²) < 4.78 is 5.66. The van der Waals surface area contributed by atoms with E-state index in [0.29, 0.717) is 0 Å². The zero-order valence-electron chi connectivity index (χ0n) is 10.2. The molecule has 2 unspecified atom stereocenters. The van der Waals surface area contributed by atoms with E-state index in [0.717, 1.165) is 10.8 Å². The van der Waals surface area contributed by atoms with Crippen molar-refractivity contribution >= 4 is 11.8 Å². The van der Waals surface area contributed by atoms with Crippen LogP contribution in [-0.2, 0) is 0 Å². The summed E-state index contributed by atoms with van der Waals surface area (Å²) in [6.07, 6.45) is 1.51. The van der Waals surface area contributed by atoms with E-state index in [1.165, 1.54) is 11.8 Å². The molecule has 4 heteroatoms. The highest BCUT2D eigenvalue weighted by molar-refractivity contribution is 8.00. The molecule has 3 nitrogen and oxygen atoms in total. The molecular weight excluding hydrogens is 222 g/mol. The molecule has 1 N–H and O–H groups in total. The van der Waals surface area contributed by atoms with Gasteiger partial charge in [0.2, 0.25) is 0 Å². The number of thioether (sulfide) groups is 1. The second-order valence-corrected chi connectivity index (χ2v) is 5.40. The number of pyridine rings is 1. The smallest absolute Gasteiger partial charge is 0.151 e. The summed E-state index contributed by atoms with van der Waals surface area (Å²) in [5, 5.41) is 10.4. The molecule has 16 heavy (non-hydrogen) atoms. The number of aliphatic hydroxyl groups is 1. The van der Waals surface area contributed by atoms with Crippen molar-refractivity contribution in [3.63, 3.8) is 0 Å². The van der Waals surface area contributed by atoms with Crippen molar-refractivity contribution in [3.05, 3.63) is 18.3 Å². The van der Waals surface area contributed by atoms with Gasteiger partial charge in [-0.05, 0) is 32.9 Å². The van der Waals surface area contributed by atoms with Gasteiger partial charge < -0.3 is 9.84 Å². The van der Waals surface area contributed by atoms with Crippen molar-refractivity contribution in [2.45, 2.75) is 50.2 Å². The normalized spacial score (nSPS) is 14.9. The minimum Gasteiger partial charge on any atom is -0.488 e. The average Bonchev–Trinajstić information content (AvgIpc) is 2.20. The molecule has 0 aliphatic rings. The molecule has 0 aliphatic carbocycles. The van der Waals surface area contributed by atoms with Gasteiger partial charge >= 0.3 is 0 Å².